The number of nitrogens with zero attached hydrogens (tertiary/aromatic N) is 4. The summed E-state index contributed by atoms with van der Waals surface area (Å²) in [5.74, 6) is 1.02. The molecule has 136 valence electrons. The summed E-state index contributed by atoms with van der Waals surface area (Å²) in [6.45, 7) is 2.06. The Hall–Kier alpha value is -1.98. The minimum atomic E-state index is 0. The molecule has 4 rings (SSSR count). The van der Waals surface area contributed by atoms with Crippen LogP contribution in [0.25, 0.3) is 21.1 Å². The highest BCUT2D eigenvalue weighted by molar-refractivity contribution is 7.18. The van der Waals surface area contributed by atoms with Crippen molar-refractivity contribution in [1.82, 2.24) is 15.2 Å². The Morgan fingerprint density at radius 1 is 0.923 bits per heavy atom. The average Bonchev–Trinajstić information content (AvgIpc) is 3.11. The zero-order chi connectivity index (χ0) is 17.4. The molecule has 0 fully saturated rings. The highest BCUT2D eigenvalue weighted by Gasteiger charge is 2.22. The van der Waals surface area contributed by atoms with Gasteiger partial charge < -0.3 is 4.90 Å². The third-order valence-corrected chi connectivity index (χ3v) is 5.81. The molecular formula is C20H23ClN4S. The van der Waals surface area contributed by atoms with Gasteiger partial charge in [0, 0.05) is 25.9 Å². The van der Waals surface area contributed by atoms with E-state index in [0.29, 0.717) is 0 Å². The zero-order valence-corrected chi connectivity index (χ0v) is 17.0. The van der Waals surface area contributed by atoms with Gasteiger partial charge in [-0.2, -0.15) is 0 Å². The maximum absolute atomic E-state index is 4.60. The summed E-state index contributed by atoms with van der Waals surface area (Å²) in [4.78, 5) is 9.00. The summed E-state index contributed by atoms with van der Waals surface area (Å²) < 4.78 is 0. The number of hydrogen-bond acceptors (Lipinski definition) is 5. The van der Waals surface area contributed by atoms with E-state index in [9.17, 15) is 0 Å². The van der Waals surface area contributed by atoms with E-state index in [1.807, 2.05) is 20.3 Å². The minimum absolute atomic E-state index is 0. The minimum Gasteiger partial charge on any atom is -0.361 e. The second-order valence-corrected chi connectivity index (χ2v) is 7.90. The molecule has 3 aromatic rings. The number of pyridine rings is 1. The SMILES string of the molecule is Cc1ccc(-c2ccc(-c3nnc(N(C)C)c4c3CCCC4)s2)nc1.Cl. The van der Waals surface area contributed by atoms with Gasteiger partial charge in [0.2, 0.25) is 0 Å². The van der Waals surface area contributed by atoms with Crippen molar-refractivity contribution in [2.45, 2.75) is 32.6 Å². The Labute approximate surface area is 164 Å². The molecule has 4 nitrogen and oxygen atoms in total. The van der Waals surface area contributed by atoms with Crippen LogP contribution in [0.15, 0.2) is 30.5 Å². The maximum Gasteiger partial charge on any atom is 0.154 e. The van der Waals surface area contributed by atoms with E-state index >= 15 is 0 Å². The second-order valence-electron chi connectivity index (χ2n) is 6.82. The fraction of sp³-hybridized carbons (Fsp3) is 0.350. The molecule has 1 aliphatic carbocycles. The van der Waals surface area contributed by atoms with Gasteiger partial charge in [-0.15, -0.1) is 33.9 Å². The maximum atomic E-state index is 4.60. The van der Waals surface area contributed by atoms with E-state index in [-0.39, 0.29) is 12.4 Å². The molecule has 0 N–H and O–H groups in total. The first-order valence-corrected chi connectivity index (χ1v) is 9.54. The van der Waals surface area contributed by atoms with Gasteiger partial charge in [-0.25, -0.2) is 0 Å². The van der Waals surface area contributed by atoms with Crippen LogP contribution in [0.1, 0.15) is 29.5 Å². The molecule has 0 unspecified atom stereocenters. The highest BCUT2D eigenvalue weighted by Crippen LogP contribution is 2.38. The summed E-state index contributed by atoms with van der Waals surface area (Å²) in [5, 5.41) is 9.13. The summed E-state index contributed by atoms with van der Waals surface area (Å²) in [7, 11) is 4.09. The summed E-state index contributed by atoms with van der Waals surface area (Å²) >= 11 is 1.75. The van der Waals surface area contributed by atoms with Crippen LogP contribution in [0.5, 0.6) is 0 Å². The Morgan fingerprint density at radius 3 is 2.35 bits per heavy atom. The standard InChI is InChI=1S/C20H22N4S.ClH/c1-13-8-9-16(21-12-13)17-10-11-18(25-17)19-14-6-4-5-7-15(14)20(23-22-19)24(2)3;/h8-12H,4-7H2,1-3H3;1H. The lowest BCUT2D eigenvalue weighted by molar-refractivity contribution is 0.674. The molecule has 3 heterocycles. The van der Waals surface area contributed by atoms with Crippen molar-refractivity contribution in [1.29, 1.82) is 0 Å². The van der Waals surface area contributed by atoms with Crippen molar-refractivity contribution in [3.8, 4) is 21.1 Å². The first-order chi connectivity index (χ1) is 12.1. The molecule has 1 aliphatic rings. The normalized spacial score (nSPS) is 13.0. The number of thiophene rings is 1. The Morgan fingerprint density at radius 2 is 1.65 bits per heavy atom. The molecule has 0 radical (unpaired) electrons. The molecule has 3 aromatic heterocycles. The quantitative estimate of drug-likeness (QED) is 0.639. The zero-order valence-electron chi connectivity index (χ0n) is 15.3. The number of aromatic nitrogens is 3. The van der Waals surface area contributed by atoms with Gasteiger partial charge in [0.05, 0.1) is 15.4 Å². The van der Waals surface area contributed by atoms with Crippen LogP contribution in [0.3, 0.4) is 0 Å². The predicted molar refractivity (Wildman–Crippen MR) is 112 cm³/mol. The number of fused-ring (bicyclic) bond motifs is 1. The predicted octanol–water partition coefficient (Wildman–Crippen LogP) is 4.94. The average molecular weight is 387 g/mol. The second kappa shape index (κ2) is 7.72. The Balaban J connectivity index is 0.00000196. The van der Waals surface area contributed by atoms with Crippen LogP contribution in [0.2, 0.25) is 0 Å². The first kappa shape index (κ1) is 18.8. The van der Waals surface area contributed by atoms with Crippen LogP contribution >= 0.6 is 23.7 Å². The third-order valence-electron chi connectivity index (χ3n) is 4.70. The number of hydrogen-bond donors (Lipinski definition) is 0. The van der Waals surface area contributed by atoms with Crippen molar-refractivity contribution >= 4 is 29.6 Å². The lowest BCUT2D eigenvalue weighted by atomic mass is 9.90. The van der Waals surface area contributed by atoms with Crippen LogP contribution in [-0.2, 0) is 12.8 Å². The van der Waals surface area contributed by atoms with Crippen molar-refractivity contribution in [2.75, 3.05) is 19.0 Å². The van der Waals surface area contributed by atoms with Gasteiger partial charge in [0.1, 0.15) is 5.69 Å². The van der Waals surface area contributed by atoms with Gasteiger partial charge in [0.25, 0.3) is 0 Å². The van der Waals surface area contributed by atoms with E-state index < -0.39 is 0 Å². The van der Waals surface area contributed by atoms with Crippen molar-refractivity contribution in [2.24, 2.45) is 0 Å². The molecule has 0 aromatic carbocycles. The molecule has 0 saturated heterocycles. The lowest BCUT2D eigenvalue weighted by Gasteiger charge is -2.23. The number of aryl methyl sites for hydroxylation is 1. The molecule has 26 heavy (non-hydrogen) atoms. The largest absolute Gasteiger partial charge is 0.361 e. The number of anilines is 1. The fourth-order valence-corrected chi connectivity index (χ4v) is 4.40. The fourth-order valence-electron chi connectivity index (χ4n) is 3.41. The summed E-state index contributed by atoms with van der Waals surface area (Å²) in [6, 6.07) is 8.50. The Bertz CT molecular complexity index is 903. The summed E-state index contributed by atoms with van der Waals surface area (Å²) in [6.07, 6.45) is 6.58. The van der Waals surface area contributed by atoms with Gasteiger partial charge in [-0.05, 0) is 61.9 Å². The van der Waals surface area contributed by atoms with E-state index in [1.54, 1.807) is 11.3 Å². The molecular weight excluding hydrogens is 364 g/mol. The van der Waals surface area contributed by atoms with Crippen molar-refractivity contribution in [3.63, 3.8) is 0 Å². The monoisotopic (exact) mass is 386 g/mol. The summed E-state index contributed by atoms with van der Waals surface area (Å²) in [5.41, 5.74) is 6.02. The van der Waals surface area contributed by atoms with E-state index in [4.69, 9.17) is 0 Å². The van der Waals surface area contributed by atoms with Crippen molar-refractivity contribution in [3.05, 3.63) is 47.2 Å². The third kappa shape index (κ3) is 3.46. The van der Waals surface area contributed by atoms with Gasteiger partial charge >= 0.3 is 0 Å². The number of halogens is 1. The van der Waals surface area contributed by atoms with Gasteiger partial charge in [-0.1, -0.05) is 6.07 Å². The van der Waals surface area contributed by atoms with Crippen LogP contribution in [-0.4, -0.2) is 29.3 Å². The van der Waals surface area contributed by atoms with Crippen molar-refractivity contribution < 1.29 is 0 Å². The van der Waals surface area contributed by atoms with Crippen LogP contribution in [0, 0.1) is 6.92 Å². The van der Waals surface area contributed by atoms with Gasteiger partial charge in [-0.3, -0.25) is 4.98 Å². The van der Waals surface area contributed by atoms with E-state index in [1.165, 1.54) is 39.3 Å². The Kier molecular flexibility index (Phi) is 5.58. The smallest absolute Gasteiger partial charge is 0.154 e. The molecule has 0 bridgehead atoms. The van der Waals surface area contributed by atoms with E-state index in [0.717, 1.165) is 30.0 Å². The highest BCUT2D eigenvalue weighted by atomic mass is 35.5. The molecule has 0 amide bonds. The molecule has 0 saturated carbocycles. The first-order valence-electron chi connectivity index (χ1n) is 8.72. The molecule has 6 heteroatoms. The number of rotatable bonds is 3. The lowest BCUT2D eigenvalue weighted by Crippen LogP contribution is -2.18. The molecule has 0 atom stereocenters. The van der Waals surface area contributed by atoms with Crippen LogP contribution < -0.4 is 4.90 Å². The van der Waals surface area contributed by atoms with E-state index in [2.05, 4.69) is 51.3 Å². The molecule has 0 aliphatic heterocycles. The van der Waals surface area contributed by atoms with Crippen LogP contribution in [0.4, 0.5) is 5.82 Å². The topological polar surface area (TPSA) is 41.9 Å². The molecule has 0 spiro atoms. The van der Waals surface area contributed by atoms with Gasteiger partial charge in [0.15, 0.2) is 5.82 Å².